The van der Waals surface area contributed by atoms with Crippen LogP contribution in [0.3, 0.4) is 0 Å². The SMILES string of the molecule is O=C(CSC1CCCC1)N1CCC(Oc2ccccn2)C1. The maximum atomic E-state index is 12.2. The molecule has 1 aliphatic carbocycles. The van der Waals surface area contributed by atoms with Crippen molar-refractivity contribution >= 4 is 17.7 Å². The fourth-order valence-corrected chi connectivity index (χ4v) is 4.20. The summed E-state index contributed by atoms with van der Waals surface area (Å²) in [7, 11) is 0. The van der Waals surface area contributed by atoms with Crippen molar-refractivity contribution in [2.24, 2.45) is 0 Å². The summed E-state index contributed by atoms with van der Waals surface area (Å²) in [5, 5.41) is 0.706. The number of likely N-dealkylation sites (tertiary alicyclic amines) is 1. The summed E-state index contributed by atoms with van der Waals surface area (Å²) in [4.78, 5) is 18.3. The third kappa shape index (κ3) is 4.13. The molecule has 3 rings (SSSR count). The summed E-state index contributed by atoms with van der Waals surface area (Å²) >= 11 is 1.84. The Labute approximate surface area is 130 Å². The molecule has 5 heteroatoms. The molecule has 0 spiro atoms. The molecule has 2 heterocycles. The topological polar surface area (TPSA) is 42.4 Å². The second-order valence-electron chi connectivity index (χ2n) is 5.75. The van der Waals surface area contributed by atoms with Crippen LogP contribution in [0.5, 0.6) is 5.88 Å². The van der Waals surface area contributed by atoms with E-state index in [0.717, 1.165) is 13.0 Å². The van der Waals surface area contributed by atoms with Crippen molar-refractivity contribution in [2.45, 2.75) is 43.5 Å². The van der Waals surface area contributed by atoms with Crippen molar-refractivity contribution < 1.29 is 9.53 Å². The largest absolute Gasteiger partial charge is 0.472 e. The Balaban J connectivity index is 1.42. The molecule has 1 aromatic heterocycles. The standard InChI is InChI=1S/C16H22N2O2S/c19-16(12-21-14-5-1-2-6-14)18-10-8-13(11-18)20-15-7-3-4-9-17-15/h3-4,7,9,13-14H,1-2,5-6,8,10-12H2. The molecular formula is C16H22N2O2S. The average Bonchev–Trinajstić information content (AvgIpc) is 3.17. The molecule has 0 aromatic carbocycles. The Hall–Kier alpha value is -1.23. The van der Waals surface area contributed by atoms with E-state index in [1.165, 1.54) is 25.7 Å². The van der Waals surface area contributed by atoms with Crippen molar-refractivity contribution in [3.63, 3.8) is 0 Å². The first kappa shape index (κ1) is 14.7. The molecule has 1 amide bonds. The van der Waals surface area contributed by atoms with Gasteiger partial charge in [0.1, 0.15) is 6.10 Å². The van der Waals surface area contributed by atoms with E-state index in [4.69, 9.17) is 4.74 Å². The van der Waals surface area contributed by atoms with Gasteiger partial charge in [-0.25, -0.2) is 4.98 Å². The number of pyridine rings is 1. The fraction of sp³-hybridized carbons (Fsp3) is 0.625. The Kier molecular flexibility index (Phi) is 5.01. The van der Waals surface area contributed by atoms with Gasteiger partial charge in [0.25, 0.3) is 0 Å². The lowest BCUT2D eigenvalue weighted by Crippen LogP contribution is -2.32. The highest BCUT2D eigenvalue weighted by atomic mass is 32.2. The van der Waals surface area contributed by atoms with E-state index in [1.807, 2.05) is 34.9 Å². The minimum Gasteiger partial charge on any atom is -0.472 e. The van der Waals surface area contributed by atoms with E-state index >= 15 is 0 Å². The third-order valence-corrected chi connectivity index (χ3v) is 5.52. The van der Waals surface area contributed by atoms with Gasteiger partial charge in [-0.1, -0.05) is 18.9 Å². The number of hydrogen-bond donors (Lipinski definition) is 0. The molecule has 1 unspecified atom stereocenters. The van der Waals surface area contributed by atoms with Gasteiger partial charge in [-0.3, -0.25) is 4.79 Å². The van der Waals surface area contributed by atoms with Crippen LogP contribution in [0.4, 0.5) is 0 Å². The van der Waals surface area contributed by atoms with Gasteiger partial charge < -0.3 is 9.64 Å². The maximum Gasteiger partial charge on any atom is 0.232 e. The van der Waals surface area contributed by atoms with Crippen molar-refractivity contribution in [2.75, 3.05) is 18.8 Å². The van der Waals surface area contributed by atoms with Gasteiger partial charge in [0.15, 0.2) is 0 Å². The summed E-state index contributed by atoms with van der Waals surface area (Å²) in [5.74, 6) is 1.54. The number of ether oxygens (including phenoxy) is 1. The number of amides is 1. The number of carbonyl (C=O) groups is 1. The van der Waals surface area contributed by atoms with E-state index in [2.05, 4.69) is 4.98 Å². The van der Waals surface area contributed by atoms with Crippen LogP contribution in [0.1, 0.15) is 32.1 Å². The van der Waals surface area contributed by atoms with Crippen LogP contribution in [0.2, 0.25) is 0 Å². The highest BCUT2D eigenvalue weighted by Gasteiger charge is 2.28. The van der Waals surface area contributed by atoms with E-state index in [1.54, 1.807) is 6.20 Å². The van der Waals surface area contributed by atoms with Crippen LogP contribution in [-0.2, 0) is 4.79 Å². The predicted octanol–water partition coefficient (Wildman–Crippen LogP) is 2.74. The van der Waals surface area contributed by atoms with Gasteiger partial charge in [-0.15, -0.1) is 11.8 Å². The molecule has 2 fully saturated rings. The molecule has 1 aromatic rings. The van der Waals surface area contributed by atoms with Gasteiger partial charge in [-0.2, -0.15) is 0 Å². The molecule has 1 aliphatic heterocycles. The van der Waals surface area contributed by atoms with E-state index < -0.39 is 0 Å². The quantitative estimate of drug-likeness (QED) is 0.839. The Morgan fingerprint density at radius 3 is 2.95 bits per heavy atom. The molecule has 0 N–H and O–H groups in total. The zero-order valence-corrected chi connectivity index (χ0v) is 13.1. The van der Waals surface area contributed by atoms with E-state index in [9.17, 15) is 4.79 Å². The zero-order chi connectivity index (χ0) is 14.5. The number of thioether (sulfide) groups is 1. The molecule has 114 valence electrons. The first-order chi connectivity index (χ1) is 10.3. The number of hydrogen-bond acceptors (Lipinski definition) is 4. The lowest BCUT2D eigenvalue weighted by molar-refractivity contribution is -0.127. The first-order valence-electron chi connectivity index (χ1n) is 7.78. The van der Waals surface area contributed by atoms with Crippen molar-refractivity contribution in [1.29, 1.82) is 0 Å². The van der Waals surface area contributed by atoms with Crippen molar-refractivity contribution in [3.05, 3.63) is 24.4 Å². The normalized spacial score (nSPS) is 22.7. The number of carbonyl (C=O) groups excluding carboxylic acids is 1. The number of aromatic nitrogens is 1. The second-order valence-corrected chi connectivity index (χ2v) is 7.04. The highest BCUT2D eigenvalue weighted by Crippen LogP contribution is 2.29. The van der Waals surface area contributed by atoms with Crippen LogP contribution >= 0.6 is 11.8 Å². The molecule has 0 radical (unpaired) electrons. The molecular weight excluding hydrogens is 284 g/mol. The Bertz CT molecular complexity index is 463. The Morgan fingerprint density at radius 2 is 2.19 bits per heavy atom. The minimum absolute atomic E-state index is 0.0836. The molecule has 4 nitrogen and oxygen atoms in total. The van der Waals surface area contributed by atoms with Crippen LogP contribution < -0.4 is 4.74 Å². The van der Waals surface area contributed by atoms with Crippen LogP contribution in [0, 0.1) is 0 Å². The molecule has 1 saturated carbocycles. The molecule has 0 bridgehead atoms. The summed E-state index contributed by atoms with van der Waals surface area (Å²) in [5.41, 5.74) is 0. The smallest absolute Gasteiger partial charge is 0.232 e. The lowest BCUT2D eigenvalue weighted by Gasteiger charge is -2.18. The van der Waals surface area contributed by atoms with Crippen molar-refractivity contribution in [3.8, 4) is 5.88 Å². The summed E-state index contributed by atoms with van der Waals surface area (Å²) in [6, 6.07) is 5.65. The second kappa shape index (κ2) is 7.16. The van der Waals surface area contributed by atoms with Crippen LogP contribution in [-0.4, -0.2) is 46.0 Å². The maximum absolute atomic E-state index is 12.2. The van der Waals surface area contributed by atoms with E-state index in [0.29, 0.717) is 23.4 Å². The lowest BCUT2D eigenvalue weighted by atomic mass is 10.3. The predicted molar refractivity (Wildman–Crippen MR) is 84.6 cm³/mol. The number of rotatable bonds is 5. The van der Waals surface area contributed by atoms with Crippen LogP contribution in [0.15, 0.2) is 24.4 Å². The zero-order valence-electron chi connectivity index (χ0n) is 12.2. The van der Waals surface area contributed by atoms with Gasteiger partial charge in [0, 0.05) is 30.5 Å². The summed E-state index contributed by atoms with van der Waals surface area (Å²) < 4.78 is 5.82. The number of nitrogens with zero attached hydrogens (tertiary/aromatic N) is 2. The van der Waals surface area contributed by atoms with Gasteiger partial charge in [0.05, 0.1) is 12.3 Å². The van der Waals surface area contributed by atoms with Gasteiger partial charge in [0.2, 0.25) is 11.8 Å². The van der Waals surface area contributed by atoms with Gasteiger partial charge >= 0.3 is 0 Å². The van der Waals surface area contributed by atoms with Gasteiger partial charge in [-0.05, 0) is 18.9 Å². The molecule has 1 atom stereocenters. The molecule has 21 heavy (non-hydrogen) atoms. The third-order valence-electron chi connectivity index (χ3n) is 4.17. The summed E-state index contributed by atoms with van der Waals surface area (Å²) in [6.07, 6.45) is 7.93. The minimum atomic E-state index is 0.0836. The average molecular weight is 306 g/mol. The molecule has 2 aliphatic rings. The molecule has 1 saturated heterocycles. The van der Waals surface area contributed by atoms with Crippen molar-refractivity contribution in [1.82, 2.24) is 9.88 Å². The summed E-state index contributed by atoms with van der Waals surface area (Å²) in [6.45, 7) is 1.50. The highest BCUT2D eigenvalue weighted by molar-refractivity contribution is 8.00. The first-order valence-corrected chi connectivity index (χ1v) is 8.83. The Morgan fingerprint density at radius 1 is 1.33 bits per heavy atom. The van der Waals surface area contributed by atoms with E-state index in [-0.39, 0.29) is 12.0 Å². The monoisotopic (exact) mass is 306 g/mol. The van der Waals surface area contributed by atoms with Crippen LogP contribution in [0.25, 0.3) is 0 Å². The fourth-order valence-electron chi connectivity index (χ4n) is 2.97.